The van der Waals surface area contributed by atoms with Crippen molar-refractivity contribution in [1.29, 1.82) is 0 Å². The number of hydrazine groups is 1. The van der Waals surface area contributed by atoms with Gasteiger partial charge in [-0.25, -0.2) is 5.84 Å². The summed E-state index contributed by atoms with van der Waals surface area (Å²) in [4.78, 5) is 10.9. The van der Waals surface area contributed by atoms with E-state index in [2.05, 4.69) is 0 Å². The van der Waals surface area contributed by atoms with Crippen molar-refractivity contribution in [2.75, 3.05) is 0 Å². The van der Waals surface area contributed by atoms with E-state index in [0.29, 0.717) is 0 Å². The van der Waals surface area contributed by atoms with Crippen LogP contribution in [-0.2, 0) is 4.79 Å². The Balaban J connectivity index is 4.29. The summed E-state index contributed by atoms with van der Waals surface area (Å²) in [7, 11) is 0. The minimum absolute atomic E-state index is 0.496. The molecule has 0 aromatic heterocycles. The topological polar surface area (TPSA) is 95.6 Å². The molecule has 1 amide bonds. The number of nitrogens with two attached hydrogens (primary N) is 1. The largest absolute Gasteiger partial charge is 0.389 e. The highest BCUT2D eigenvalue weighted by atomic mass is 16.3. The smallest absolute Gasteiger partial charge is 0.239 e. The van der Waals surface area contributed by atoms with Crippen molar-refractivity contribution in [3.8, 4) is 0 Å². The molecule has 2 atom stereocenters. The molecule has 5 nitrogen and oxygen atoms in total. The van der Waals surface area contributed by atoms with Crippen LogP contribution in [0.5, 0.6) is 0 Å². The number of amides is 1. The first-order valence-corrected chi connectivity index (χ1v) is 3.71. The molecule has 0 radical (unpaired) electrons. The molecule has 0 rings (SSSR count). The summed E-state index contributed by atoms with van der Waals surface area (Å²) in [5.74, 6) is 3.64. The molecule has 0 aromatic rings. The number of rotatable bonds is 3. The van der Waals surface area contributed by atoms with Crippen molar-refractivity contribution in [3.63, 3.8) is 0 Å². The number of nitrogens with one attached hydrogen (secondary N) is 1. The maximum atomic E-state index is 10.9. The summed E-state index contributed by atoms with van der Waals surface area (Å²) in [6.07, 6.45) is -1.12. The van der Waals surface area contributed by atoms with E-state index >= 15 is 0 Å². The van der Waals surface area contributed by atoms with Gasteiger partial charge in [0.05, 0.1) is 17.6 Å². The van der Waals surface area contributed by atoms with E-state index in [0.717, 1.165) is 0 Å². The van der Waals surface area contributed by atoms with E-state index in [4.69, 9.17) is 5.84 Å². The molecule has 0 aromatic carbocycles. The highest BCUT2D eigenvalue weighted by molar-refractivity contribution is 5.78. The maximum Gasteiger partial charge on any atom is 0.239 e. The van der Waals surface area contributed by atoms with Gasteiger partial charge in [0.1, 0.15) is 0 Å². The molecule has 72 valence electrons. The van der Waals surface area contributed by atoms with Gasteiger partial charge in [-0.3, -0.25) is 10.2 Å². The summed E-state index contributed by atoms with van der Waals surface area (Å²) in [6, 6.07) is 0. The number of aliphatic hydroxyl groups excluding tert-OH is 1. The summed E-state index contributed by atoms with van der Waals surface area (Å²) in [5, 5.41) is 18.7. The SMILES string of the molecule is C[C@@H](C(=O)NN)[C@H](O)C(C)(C)O. The fourth-order valence-electron chi connectivity index (χ4n) is 0.887. The average molecular weight is 176 g/mol. The molecular weight excluding hydrogens is 160 g/mol. The van der Waals surface area contributed by atoms with Crippen LogP contribution < -0.4 is 11.3 Å². The van der Waals surface area contributed by atoms with Crippen molar-refractivity contribution < 1.29 is 15.0 Å². The van der Waals surface area contributed by atoms with Gasteiger partial charge in [-0.1, -0.05) is 6.92 Å². The number of aliphatic hydroxyl groups is 2. The van der Waals surface area contributed by atoms with E-state index in [1.807, 2.05) is 5.43 Å². The quantitative estimate of drug-likeness (QED) is 0.245. The highest BCUT2D eigenvalue weighted by Crippen LogP contribution is 2.16. The van der Waals surface area contributed by atoms with E-state index in [-0.39, 0.29) is 0 Å². The first kappa shape index (κ1) is 11.4. The molecular formula is C7H16N2O3. The zero-order valence-corrected chi connectivity index (χ0v) is 7.53. The van der Waals surface area contributed by atoms with Gasteiger partial charge in [-0.05, 0) is 13.8 Å². The van der Waals surface area contributed by atoms with Crippen molar-refractivity contribution in [2.24, 2.45) is 11.8 Å². The fourth-order valence-corrected chi connectivity index (χ4v) is 0.887. The Morgan fingerprint density at radius 3 is 2.25 bits per heavy atom. The van der Waals surface area contributed by atoms with E-state index in [1.54, 1.807) is 0 Å². The molecule has 0 aliphatic carbocycles. The second-order valence-electron chi connectivity index (χ2n) is 3.40. The van der Waals surface area contributed by atoms with Crippen LogP contribution in [0.15, 0.2) is 0 Å². The molecule has 0 unspecified atom stereocenters. The van der Waals surface area contributed by atoms with Gasteiger partial charge in [0, 0.05) is 0 Å². The van der Waals surface area contributed by atoms with Gasteiger partial charge in [0.25, 0.3) is 0 Å². The monoisotopic (exact) mass is 176 g/mol. The van der Waals surface area contributed by atoms with Crippen LogP contribution in [0, 0.1) is 5.92 Å². The maximum absolute atomic E-state index is 10.9. The number of hydrogen-bond acceptors (Lipinski definition) is 4. The van der Waals surface area contributed by atoms with Gasteiger partial charge in [-0.15, -0.1) is 0 Å². The minimum Gasteiger partial charge on any atom is -0.389 e. The first-order valence-electron chi connectivity index (χ1n) is 3.71. The van der Waals surface area contributed by atoms with E-state index in [1.165, 1.54) is 20.8 Å². The molecule has 0 spiro atoms. The molecule has 12 heavy (non-hydrogen) atoms. The van der Waals surface area contributed by atoms with Crippen LogP contribution in [0.25, 0.3) is 0 Å². The second kappa shape index (κ2) is 3.84. The lowest BCUT2D eigenvalue weighted by molar-refractivity contribution is -0.136. The summed E-state index contributed by atoms with van der Waals surface area (Å²) < 4.78 is 0. The molecule has 5 N–H and O–H groups in total. The zero-order chi connectivity index (χ0) is 9.94. The molecule has 0 aliphatic heterocycles. The normalized spacial score (nSPS) is 16.8. The third-order valence-corrected chi connectivity index (χ3v) is 1.75. The standard InChI is InChI=1S/C7H16N2O3/c1-4(6(11)9-8)5(10)7(2,3)12/h4-5,10,12H,8H2,1-3H3,(H,9,11)/t4-,5+/m1/s1. The van der Waals surface area contributed by atoms with Gasteiger partial charge < -0.3 is 10.2 Å². The number of carbonyl (C=O) groups is 1. The van der Waals surface area contributed by atoms with Crippen LogP contribution >= 0.6 is 0 Å². The molecule has 0 fully saturated rings. The lowest BCUT2D eigenvalue weighted by Gasteiger charge is -2.28. The minimum atomic E-state index is -1.30. The molecule has 5 heteroatoms. The van der Waals surface area contributed by atoms with Crippen molar-refractivity contribution in [2.45, 2.75) is 32.5 Å². The Labute approximate surface area is 71.5 Å². The third kappa shape index (κ3) is 2.77. The van der Waals surface area contributed by atoms with Crippen LogP contribution in [0.4, 0.5) is 0 Å². The van der Waals surface area contributed by atoms with Crippen LogP contribution in [-0.4, -0.2) is 27.8 Å². The number of carbonyl (C=O) groups excluding carboxylic acids is 1. The molecule has 0 saturated carbocycles. The Morgan fingerprint density at radius 1 is 1.58 bits per heavy atom. The van der Waals surface area contributed by atoms with E-state index in [9.17, 15) is 15.0 Å². The van der Waals surface area contributed by atoms with Crippen LogP contribution in [0.1, 0.15) is 20.8 Å². The average Bonchev–Trinajstić information content (AvgIpc) is 1.98. The molecule has 0 bridgehead atoms. The Bertz CT molecular complexity index is 165. The molecule has 0 aliphatic rings. The van der Waals surface area contributed by atoms with Crippen molar-refractivity contribution in [3.05, 3.63) is 0 Å². The van der Waals surface area contributed by atoms with Crippen molar-refractivity contribution >= 4 is 5.91 Å². The fraction of sp³-hybridized carbons (Fsp3) is 0.857. The predicted molar refractivity (Wildman–Crippen MR) is 43.8 cm³/mol. The van der Waals surface area contributed by atoms with Crippen LogP contribution in [0.3, 0.4) is 0 Å². The second-order valence-corrected chi connectivity index (χ2v) is 3.40. The predicted octanol–water partition coefficient (Wildman–Crippen LogP) is -1.26. The third-order valence-electron chi connectivity index (χ3n) is 1.75. The Hall–Kier alpha value is -0.650. The lowest BCUT2D eigenvalue weighted by Crippen LogP contribution is -2.48. The van der Waals surface area contributed by atoms with Gasteiger partial charge in [0.15, 0.2) is 0 Å². The molecule has 0 heterocycles. The first-order chi connectivity index (χ1) is 5.30. The van der Waals surface area contributed by atoms with Gasteiger partial charge in [-0.2, -0.15) is 0 Å². The van der Waals surface area contributed by atoms with E-state index < -0.39 is 23.5 Å². The van der Waals surface area contributed by atoms with Crippen molar-refractivity contribution in [1.82, 2.24) is 5.43 Å². The summed E-state index contributed by atoms with van der Waals surface area (Å²) >= 11 is 0. The summed E-state index contributed by atoms with van der Waals surface area (Å²) in [6.45, 7) is 4.35. The lowest BCUT2D eigenvalue weighted by atomic mass is 9.90. The highest BCUT2D eigenvalue weighted by Gasteiger charge is 2.33. The Morgan fingerprint density at radius 2 is 2.00 bits per heavy atom. The number of hydrogen-bond donors (Lipinski definition) is 4. The van der Waals surface area contributed by atoms with Gasteiger partial charge >= 0.3 is 0 Å². The molecule has 0 saturated heterocycles. The van der Waals surface area contributed by atoms with Crippen LogP contribution in [0.2, 0.25) is 0 Å². The van der Waals surface area contributed by atoms with Gasteiger partial charge in [0.2, 0.25) is 5.91 Å². The summed E-state index contributed by atoms with van der Waals surface area (Å²) in [5.41, 5.74) is 0.608. The Kier molecular flexibility index (Phi) is 3.63. The zero-order valence-electron chi connectivity index (χ0n) is 7.53.